The molecule has 2 aromatic heterocycles. The molecule has 2 aromatic rings. The number of piperidine rings is 1. The van der Waals surface area contributed by atoms with Crippen LogP contribution in [-0.2, 0) is 6.54 Å². The van der Waals surface area contributed by atoms with E-state index in [9.17, 15) is 4.79 Å². The van der Waals surface area contributed by atoms with E-state index in [1.165, 1.54) is 0 Å². The van der Waals surface area contributed by atoms with Crippen LogP contribution in [0.3, 0.4) is 0 Å². The lowest BCUT2D eigenvalue weighted by molar-refractivity contribution is 0.0583. The van der Waals surface area contributed by atoms with Crippen LogP contribution in [-0.4, -0.2) is 44.8 Å². The van der Waals surface area contributed by atoms with Gasteiger partial charge >= 0.3 is 0 Å². The van der Waals surface area contributed by atoms with Crippen LogP contribution >= 0.6 is 0 Å². The summed E-state index contributed by atoms with van der Waals surface area (Å²) >= 11 is 0. The van der Waals surface area contributed by atoms with Crippen molar-refractivity contribution in [1.82, 2.24) is 19.7 Å². The molecule has 0 bridgehead atoms. The predicted molar refractivity (Wildman–Crippen MR) is 86.3 cm³/mol. The maximum atomic E-state index is 12.8. The quantitative estimate of drug-likeness (QED) is 0.850. The summed E-state index contributed by atoms with van der Waals surface area (Å²) in [5.41, 5.74) is 0.612. The largest absolute Gasteiger partial charge is 0.478 e. The Kier molecular flexibility index (Phi) is 4.90. The number of likely N-dealkylation sites (tertiary alicyclic amines) is 1. The van der Waals surface area contributed by atoms with Crippen molar-refractivity contribution in [2.45, 2.75) is 38.8 Å². The SMILES string of the molecule is CCOc1ccc(C(=O)N2CCCC[C@@H]2Cn2cccn2)cn1. The molecule has 1 amide bonds. The molecule has 1 atom stereocenters. The normalized spacial score (nSPS) is 18.0. The number of carbonyl (C=O) groups excluding carboxylic acids is 1. The van der Waals surface area contributed by atoms with Gasteiger partial charge in [-0.1, -0.05) is 0 Å². The van der Waals surface area contributed by atoms with Gasteiger partial charge in [-0.3, -0.25) is 9.48 Å². The van der Waals surface area contributed by atoms with Gasteiger partial charge in [0.15, 0.2) is 0 Å². The van der Waals surface area contributed by atoms with Gasteiger partial charge in [0.1, 0.15) is 0 Å². The fraction of sp³-hybridized carbons (Fsp3) is 0.471. The molecule has 0 N–H and O–H groups in total. The number of ether oxygens (including phenoxy) is 1. The zero-order chi connectivity index (χ0) is 16.1. The first kappa shape index (κ1) is 15.5. The van der Waals surface area contributed by atoms with Crippen LogP contribution in [0, 0.1) is 0 Å². The fourth-order valence-corrected chi connectivity index (χ4v) is 2.99. The highest BCUT2D eigenvalue weighted by atomic mass is 16.5. The lowest BCUT2D eigenvalue weighted by Crippen LogP contribution is -2.46. The molecule has 1 saturated heterocycles. The average molecular weight is 314 g/mol. The van der Waals surface area contributed by atoms with Crippen molar-refractivity contribution in [3.63, 3.8) is 0 Å². The predicted octanol–water partition coefficient (Wildman–Crippen LogP) is 2.37. The molecule has 0 aliphatic carbocycles. The highest BCUT2D eigenvalue weighted by Crippen LogP contribution is 2.21. The summed E-state index contributed by atoms with van der Waals surface area (Å²) < 4.78 is 7.23. The molecule has 122 valence electrons. The first-order valence-corrected chi connectivity index (χ1v) is 8.15. The van der Waals surface area contributed by atoms with E-state index in [0.717, 1.165) is 32.4 Å². The van der Waals surface area contributed by atoms with Gasteiger partial charge in [-0.05, 0) is 38.3 Å². The van der Waals surface area contributed by atoms with Crippen LogP contribution < -0.4 is 4.74 Å². The number of aromatic nitrogens is 3. The van der Waals surface area contributed by atoms with Crippen molar-refractivity contribution in [2.75, 3.05) is 13.2 Å². The number of nitrogens with zero attached hydrogens (tertiary/aromatic N) is 4. The third kappa shape index (κ3) is 3.70. The Morgan fingerprint density at radius 1 is 1.39 bits per heavy atom. The number of hydrogen-bond donors (Lipinski definition) is 0. The first-order valence-electron chi connectivity index (χ1n) is 8.15. The van der Waals surface area contributed by atoms with Gasteiger partial charge in [0.05, 0.1) is 24.8 Å². The van der Waals surface area contributed by atoms with Crippen molar-refractivity contribution in [3.05, 3.63) is 42.4 Å². The van der Waals surface area contributed by atoms with Crippen molar-refractivity contribution in [2.24, 2.45) is 0 Å². The molecule has 0 unspecified atom stereocenters. The second-order valence-corrected chi connectivity index (χ2v) is 5.69. The zero-order valence-electron chi connectivity index (χ0n) is 13.4. The Labute approximate surface area is 136 Å². The van der Waals surface area contributed by atoms with E-state index < -0.39 is 0 Å². The molecule has 23 heavy (non-hydrogen) atoms. The molecule has 0 saturated carbocycles. The third-order valence-electron chi connectivity index (χ3n) is 4.12. The Balaban J connectivity index is 1.72. The topological polar surface area (TPSA) is 60.2 Å². The second kappa shape index (κ2) is 7.26. The Morgan fingerprint density at radius 3 is 3.00 bits per heavy atom. The summed E-state index contributed by atoms with van der Waals surface area (Å²) in [5.74, 6) is 0.591. The van der Waals surface area contributed by atoms with Gasteiger partial charge in [0.25, 0.3) is 5.91 Å². The summed E-state index contributed by atoms with van der Waals surface area (Å²) in [6, 6.07) is 5.64. The Morgan fingerprint density at radius 2 is 2.30 bits per heavy atom. The third-order valence-corrected chi connectivity index (χ3v) is 4.12. The zero-order valence-corrected chi connectivity index (χ0v) is 13.4. The Hall–Kier alpha value is -2.37. The van der Waals surface area contributed by atoms with Gasteiger partial charge < -0.3 is 9.64 Å². The summed E-state index contributed by atoms with van der Waals surface area (Å²) in [7, 11) is 0. The maximum Gasteiger partial charge on any atom is 0.255 e. The van der Waals surface area contributed by atoms with E-state index in [4.69, 9.17) is 4.74 Å². The van der Waals surface area contributed by atoms with E-state index in [1.807, 2.05) is 28.8 Å². The van der Waals surface area contributed by atoms with E-state index in [-0.39, 0.29) is 11.9 Å². The fourth-order valence-electron chi connectivity index (χ4n) is 2.99. The van der Waals surface area contributed by atoms with Gasteiger partial charge in [-0.25, -0.2) is 4.98 Å². The second-order valence-electron chi connectivity index (χ2n) is 5.69. The lowest BCUT2D eigenvalue weighted by Gasteiger charge is -2.35. The van der Waals surface area contributed by atoms with Crippen LogP contribution in [0.15, 0.2) is 36.8 Å². The summed E-state index contributed by atoms with van der Waals surface area (Å²) in [4.78, 5) is 19.0. The molecular weight excluding hydrogens is 292 g/mol. The summed E-state index contributed by atoms with van der Waals surface area (Å²) in [6.45, 7) is 4.01. The minimum absolute atomic E-state index is 0.0393. The average Bonchev–Trinajstić information content (AvgIpc) is 3.09. The smallest absolute Gasteiger partial charge is 0.255 e. The van der Waals surface area contributed by atoms with E-state index >= 15 is 0 Å². The van der Waals surface area contributed by atoms with Crippen molar-refractivity contribution >= 4 is 5.91 Å². The first-order chi connectivity index (χ1) is 11.3. The minimum Gasteiger partial charge on any atom is -0.478 e. The van der Waals surface area contributed by atoms with E-state index in [2.05, 4.69) is 10.1 Å². The maximum absolute atomic E-state index is 12.8. The van der Waals surface area contributed by atoms with Crippen molar-refractivity contribution < 1.29 is 9.53 Å². The van der Waals surface area contributed by atoms with Gasteiger partial charge in [-0.15, -0.1) is 0 Å². The molecule has 0 radical (unpaired) electrons. The number of pyridine rings is 1. The molecule has 1 aliphatic rings. The molecule has 1 aliphatic heterocycles. The highest BCUT2D eigenvalue weighted by molar-refractivity contribution is 5.94. The molecular formula is C17H22N4O2. The number of amides is 1. The number of rotatable bonds is 5. The molecule has 0 spiro atoms. The molecule has 0 aromatic carbocycles. The van der Waals surface area contributed by atoms with Crippen LogP contribution in [0.25, 0.3) is 0 Å². The van der Waals surface area contributed by atoms with Crippen LogP contribution in [0.2, 0.25) is 0 Å². The molecule has 3 heterocycles. The van der Waals surface area contributed by atoms with Crippen molar-refractivity contribution in [3.8, 4) is 5.88 Å². The lowest BCUT2D eigenvalue weighted by atomic mass is 10.0. The molecule has 3 rings (SSSR count). The minimum atomic E-state index is 0.0393. The monoisotopic (exact) mass is 314 g/mol. The molecule has 6 nitrogen and oxygen atoms in total. The number of carbonyl (C=O) groups is 1. The van der Waals surface area contributed by atoms with Gasteiger partial charge in [-0.2, -0.15) is 5.10 Å². The van der Waals surface area contributed by atoms with E-state index in [0.29, 0.717) is 18.1 Å². The standard InChI is InChI=1S/C17H22N4O2/c1-2-23-16-8-7-14(12-18-16)17(22)21-11-4-3-6-15(21)13-20-10-5-9-19-20/h5,7-10,12,15H,2-4,6,11,13H2,1H3/t15-/m1/s1. The van der Waals surface area contributed by atoms with E-state index in [1.54, 1.807) is 24.5 Å². The number of hydrogen-bond acceptors (Lipinski definition) is 4. The van der Waals surface area contributed by atoms with Crippen LogP contribution in [0.4, 0.5) is 0 Å². The highest BCUT2D eigenvalue weighted by Gasteiger charge is 2.28. The summed E-state index contributed by atoms with van der Waals surface area (Å²) in [5, 5.41) is 4.26. The van der Waals surface area contributed by atoms with Crippen LogP contribution in [0.5, 0.6) is 5.88 Å². The molecule has 6 heteroatoms. The molecule has 1 fully saturated rings. The summed E-state index contributed by atoms with van der Waals surface area (Å²) in [6.07, 6.45) is 8.52. The van der Waals surface area contributed by atoms with Gasteiger partial charge in [0, 0.05) is 31.2 Å². The van der Waals surface area contributed by atoms with Gasteiger partial charge in [0.2, 0.25) is 5.88 Å². The Bertz CT molecular complexity index is 625. The van der Waals surface area contributed by atoms with Crippen molar-refractivity contribution in [1.29, 1.82) is 0 Å². The van der Waals surface area contributed by atoms with Crippen LogP contribution in [0.1, 0.15) is 36.5 Å².